The number of para-hydroxylation sites is 1. The van der Waals surface area contributed by atoms with Crippen molar-refractivity contribution in [3.63, 3.8) is 0 Å². The fraction of sp³-hybridized carbons (Fsp3) is 0.364. The summed E-state index contributed by atoms with van der Waals surface area (Å²) >= 11 is 0. The maximum absolute atomic E-state index is 13.4. The second-order valence-electron chi connectivity index (χ2n) is 3.52. The Morgan fingerprint density at radius 2 is 2.27 bits per heavy atom. The van der Waals surface area contributed by atoms with E-state index in [1.807, 2.05) is 0 Å². The molecule has 0 fully saturated rings. The zero-order chi connectivity index (χ0) is 10.8. The topological polar surface area (TPSA) is 46.5 Å². The number of benzene rings is 1. The first-order valence-electron chi connectivity index (χ1n) is 4.79. The van der Waals surface area contributed by atoms with Crippen molar-refractivity contribution in [1.29, 1.82) is 0 Å². The average molecular weight is 210 g/mol. The molecular formula is C11H11FO3. The lowest BCUT2D eigenvalue weighted by Gasteiger charge is -2.26. The van der Waals surface area contributed by atoms with Crippen molar-refractivity contribution in [3.05, 3.63) is 29.8 Å². The lowest BCUT2D eigenvalue weighted by molar-refractivity contribution is -0.143. The summed E-state index contributed by atoms with van der Waals surface area (Å²) in [5, 5.41) is 8.64. The summed E-state index contributed by atoms with van der Waals surface area (Å²) < 4.78 is 18.8. The number of alkyl halides is 1. The van der Waals surface area contributed by atoms with E-state index in [9.17, 15) is 9.18 Å². The minimum absolute atomic E-state index is 0.370. The quantitative estimate of drug-likeness (QED) is 0.811. The first kappa shape index (κ1) is 9.96. The number of rotatable bonds is 2. The van der Waals surface area contributed by atoms with Gasteiger partial charge >= 0.3 is 5.97 Å². The number of fused-ring (bicyclic) bond motifs is 1. The summed E-state index contributed by atoms with van der Waals surface area (Å²) in [6.45, 7) is 0.370. The molecule has 0 radical (unpaired) electrons. The van der Waals surface area contributed by atoms with Gasteiger partial charge in [-0.25, -0.2) is 9.18 Å². The Labute approximate surface area is 86.5 Å². The van der Waals surface area contributed by atoms with Gasteiger partial charge in [0, 0.05) is 11.5 Å². The Morgan fingerprint density at radius 1 is 1.53 bits per heavy atom. The van der Waals surface area contributed by atoms with Crippen LogP contribution in [0.15, 0.2) is 24.3 Å². The molecule has 1 N–H and O–H groups in total. The third-order valence-corrected chi connectivity index (χ3v) is 2.59. The molecule has 80 valence electrons. The van der Waals surface area contributed by atoms with Crippen molar-refractivity contribution >= 4 is 5.97 Å². The van der Waals surface area contributed by atoms with Gasteiger partial charge in [0.1, 0.15) is 5.75 Å². The van der Waals surface area contributed by atoms with Gasteiger partial charge in [-0.15, -0.1) is 0 Å². The van der Waals surface area contributed by atoms with Crippen LogP contribution in [0.2, 0.25) is 0 Å². The van der Waals surface area contributed by atoms with Crippen molar-refractivity contribution in [3.8, 4) is 5.75 Å². The van der Waals surface area contributed by atoms with E-state index in [0.29, 0.717) is 24.3 Å². The number of hydrogen-bond donors (Lipinski definition) is 1. The number of carbonyl (C=O) groups is 1. The fourth-order valence-electron chi connectivity index (χ4n) is 1.85. The Kier molecular flexibility index (Phi) is 2.58. The largest absolute Gasteiger partial charge is 0.493 e. The van der Waals surface area contributed by atoms with Crippen LogP contribution >= 0.6 is 0 Å². The molecule has 3 nitrogen and oxygen atoms in total. The molecule has 2 unspecified atom stereocenters. The smallest absolute Gasteiger partial charge is 0.338 e. The Morgan fingerprint density at radius 3 is 3.00 bits per heavy atom. The van der Waals surface area contributed by atoms with Gasteiger partial charge in [-0.05, 0) is 12.5 Å². The molecule has 0 bridgehead atoms. The summed E-state index contributed by atoms with van der Waals surface area (Å²) in [6, 6.07) is 7.00. The van der Waals surface area contributed by atoms with Gasteiger partial charge < -0.3 is 9.84 Å². The molecule has 1 heterocycles. The Bertz CT molecular complexity index is 378. The van der Waals surface area contributed by atoms with Crippen molar-refractivity contribution in [2.24, 2.45) is 0 Å². The molecular weight excluding hydrogens is 199 g/mol. The number of carboxylic acids is 1. The molecule has 15 heavy (non-hydrogen) atoms. The monoisotopic (exact) mass is 210 g/mol. The molecule has 1 aliphatic heterocycles. The molecule has 2 atom stereocenters. The van der Waals surface area contributed by atoms with E-state index in [1.54, 1.807) is 24.3 Å². The van der Waals surface area contributed by atoms with Crippen LogP contribution in [0.25, 0.3) is 0 Å². The van der Waals surface area contributed by atoms with Crippen LogP contribution in [0.1, 0.15) is 17.9 Å². The van der Waals surface area contributed by atoms with Crippen LogP contribution < -0.4 is 4.74 Å². The standard InChI is InChI=1S/C11H11FO3/c12-10(11(13)14)8-5-6-15-9-4-2-1-3-7(8)9/h1-4,8,10H,5-6H2,(H,13,14). The third-order valence-electron chi connectivity index (χ3n) is 2.59. The normalized spacial score (nSPS) is 21.3. The molecule has 2 rings (SSSR count). The summed E-state index contributed by atoms with van der Waals surface area (Å²) in [4.78, 5) is 10.6. The molecule has 1 aromatic rings. The van der Waals surface area contributed by atoms with E-state index < -0.39 is 18.1 Å². The van der Waals surface area contributed by atoms with Gasteiger partial charge in [0.15, 0.2) is 0 Å². The van der Waals surface area contributed by atoms with Crippen LogP contribution in [0.5, 0.6) is 5.75 Å². The van der Waals surface area contributed by atoms with Crippen molar-refractivity contribution in [1.82, 2.24) is 0 Å². The van der Waals surface area contributed by atoms with Crippen molar-refractivity contribution < 1.29 is 19.0 Å². The molecule has 0 saturated carbocycles. The molecule has 1 aromatic carbocycles. The summed E-state index contributed by atoms with van der Waals surface area (Å²) in [7, 11) is 0. The second kappa shape index (κ2) is 3.88. The molecule has 0 amide bonds. The van der Waals surface area contributed by atoms with Crippen LogP contribution in [0.4, 0.5) is 4.39 Å². The highest BCUT2D eigenvalue weighted by atomic mass is 19.1. The fourth-order valence-corrected chi connectivity index (χ4v) is 1.85. The Hall–Kier alpha value is -1.58. The number of hydrogen-bond acceptors (Lipinski definition) is 2. The van der Waals surface area contributed by atoms with E-state index in [4.69, 9.17) is 9.84 Å². The number of aliphatic carboxylic acids is 1. The number of halogens is 1. The van der Waals surface area contributed by atoms with Gasteiger partial charge in [-0.2, -0.15) is 0 Å². The van der Waals surface area contributed by atoms with Crippen LogP contribution in [-0.4, -0.2) is 23.9 Å². The maximum Gasteiger partial charge on any atom is 0.338 e. The molecule has 1 aliphatic rings. The van der Waals surface area contributed by atoms with Gasteiger partial charge in [-0.1, -0.05) is 18.2 Å². The van der Waals surface area contributed by atoms with E-state index >= 15 is 0 Å². The molecule has 0 aliphatic carbocycles. The predicted octanol–water partition coefficient (Wildman–Crippen LogP) is 1.98. The molecule has 0 saturated heterocycles. The first-order valence-corrected chi connectivity index (χ1v) is 4.79. The minimum atomic E-state index is -1.85. The van der Waals surface area contributed by atoms with Gasteiger partial charge in [-0.3, -0.25) is 0 Å². The lowest BCUT2D eigenvalue weighted by atomic mass is 9.89. The Balaban J connectivity index is 2.33. The highest BCUT2D eigenvalue weighted by Gasteiger charge is 2.33. The van der Waals surface area contributed by atoms with Crippen molar-refractivity contribution in [2.75, 3.05) is 6.61 Å². The van der Waals surface area contributed by atoms with Gasteiger partial charge in [0.2, 0.25) is 6.17 Å². The summed E-state index contributed by atoms with van der Waals surface area (Å²) in [5.74, 6) is -1.40. The molecule has 0 spiro atoms. The van der Waals surface area contributed by atoms with Gasteiger partial charge in [0.25, 0.3) is 0 Å². The van der Waals surface area contributed by atoms with Crippen LogP contribution in [0.3, 0.4) is 0 Å². The highest BCUT2D eigenvalue weighted by Crippen LogP contribution is 2.36. The van der Waals surface area contributed by atoms with Crippen LogP contribution in [0, 0.1) is 0 Å². The van der Waals surface area contributed by atoms with E-state index in [0.717, 1.165) is 0 Å². The van der Waals surface area contributed by atoms with Gasteiger partial charge in [0.05, 0.1) is 6.61 Å². The third kappa shape index (κ3) is 1.79. The zero-order valence-corrected chi connectivity index (χ0v) is 8.02. The number of ether oxygens (including phenoxy) is 1. The summed E-state index contributed by atoms with van der Waals surface area (Å²) in [5.41, 5.74) is 0.652. The zero-order valence-electron chi connectivity index (χ0n) is 8.02. The summed E-state index contributed by atoms with van der Waals surface area (Å²) in [6.07, 6.45) is -1.44. The predicted molar refractivity (Wildman–Crippen MR) is 51.8 cm³/mol. The number of carboxylic acid groups (broad SMARTS) is 1. The average Bonchev–Trinajstić information content (AvgIpc) is 2.27. The van der Waals surface area contributed by atoms with E-state index in [2.05, 4.69) is 0 Å². The molecule has 0 aromatic heterocycles. The minimum Gasteiger partial charge on any atom is -0.493 e. The van der Waals surface area contributed by atoms with E-state index in [1.165, 1.54) is 0 Å². The highest BCUT2D eigenvalue weighted by molar-refractivity contribution is 5.74. The van der Waals surface area contributed by atoms with E-state index in [-0.39, 0.29) is 0 Å². The van der Waals surface area contributed by atoms with Crippen molar-refractivity contribution in [2.45, 2.75) is 18.5 Å². The lowest BCUT2D eigenvalue weighted by Crippen LogP contribution is -2.28. The first-order chi connectivity index (χ1) is 7.20. The molecule has 4 heteroatoms. The second-order valence-corrected chi connectivity index (χ2v) is 3.52. The maximum atomic E-state index is 13.4. The SMILES string of the molecule is O=C(O)C(F)C1CCOc2ccccc21. The van der Waals surface area contributed by atoms with Crippen LogP contribution in [-0.2, 0) is 4.79 Å².